The molecule has 22 heavy (non-hydrogen) atoms. The number of unbranched alkanes of at least 4 members (excludes halogenated alkanes) is 1. The monoisotopic (exact) mass is 362 g/mol. The molecule has 116 valence electrons. The summed E-state index contributed by atoms with van der Waals surface area (Å²) >= 11 is 3.50. The molecule has 2 N–H and O–H groups in total. The summed E-state index contributed by atoms with van der Waals surface area (Å²) < 4.78 is 0.942. The first kappa shape index (κ1) is 16.4. The third kappa shape index (κ3) is 4.53. The number of rotatable bonds is 6. The highest BCUT2D eigenvalue weighted by atomic mass is 79.9. The van der Waals surface area contributed by atoms with Crippen molar-refractivity contribution < 1.29 is 4.79 Å². The Morgan fingerprint density at radius 1 is 1.27 bits per heavy atom. The number of benzene rings is 1. The Kier molecular flexibility index (Phi) is 5.89. The van der Waals surface area contributed by atoms with Gasteiger partial charge >= 0.3 is 0 Å². The van der Waals surface area contributed by atoms with Crippen LogP contribution in [0.1, 0.15) is 35.7 Å². The van der Waals surface area contributed by atoms with Gasteiger partial charge in [-0.2, -0.15) is 0 Å². The molecule has 0 saturated carbocycles. The van der Waals surface area contributed by atoms with Crippen LogP contribution in [0.3, 0.4) is 0 Å². The average molecular weight is 363 g/mol. The normalized spacial score (nSPS) is 10.3. The lowest BCUT2D eigenvalue weighted by atomic mass is 10.2. The summed E-state index contributed by atoms with van der Waals surface area (Å²) in [6, 6.07) is 5.97. The lowest BCUT2D eigenvalue weighted by Gasteiger charge is -2.08. The van der Waals surface area contributed by atoms with Crippen LogP contribution in [-0.4, -0.2) is 22.4 Å². The summed E-state index contributed by atoms with van der Waals surface area (Å²) in [6.07, 6.45) is 5.07. The molecule has 1 aromatic carbocycles. The van der Waals surface area contributed by atoms with Crippen molar-refractivity contribution in [1.29, 1.82) is 0 Å². The van der Waals surface area contributed by atoms with Gasteiger partial charge in [0, 0.05) is 23.4 Å². The van der Waals surface area contributed by atoms with E-state index in [-0.39, 0.29) is 5.91 Å². The minimum atomic E-state index is -0.142. The van der Waals surface area contributed by atoms with E-state index in [0.29, 0.717) is 18.1 Å². The number of anilines is 2. The van der Waals surface area contributed by atoms with Gasteiger partial charge < -0.3 is 10.6 Å². The number of hydrogen-bond donors (Lipinski definition) is 2. The molecule has 5 nitrogen and oxygen atoms in total. The zero-order chi connectivity index (χ0) is 15.9. The predicted molar refractivity (Wildman–Crippen MR) is 91.4 cm³/mol. The van der Waals surface area contributed by atoms with Gasteiger partial charge in [0.2, 0.25) is 5.95 Å². The molecule has 0 aliphatic carbocycles. The molecule has 0 saturated heterocycles. The quantitative estimate of drug-likeness (QED) is 0.766. The highest BCUT2D eigenvalue weighted by molar-refractivity contribution is 9.10. The molecule has 0 aliphatic rings. The SMILES string of the molecule is CCCCNC(=O)c1cnc(Nc2ccc(C)cc2Br)nc1. The number of amides is 1. The summed E-state index contributed by atoms with van der Waals surface area (Å²) in [4.78, 5) is 20.2. The van der Waals surface area contributed by atoms with E-state index in [0.717, 1.165) is 28.6 Å². The maximum absolute atomic E-state index is 11.9. The second kappa shape index (κ2) is 7.89. The number of carbonyl (C=O) groups excluding carboxylic acids is 1. The van der Waals surface area contributed by atoms with Crippen molar-refractivity contribution in [2.75, 3.05) is 11.9 Å². The number of hydrogen-bond acceptors (Lipinski definition) is 4. The van der Waals surface area contributed by atoms with E-state index in [1.807, 2.05) is 25.1 Å². The van der Waals surface area contributed by atoms with Gasteiger partial charge in [-0.15, -0.1) is 0 Å². The summed E-state index contributed by atoms with van der Waals surface area (Å²) in [5.74, 6) is 0.311. The van der Waals surface area contributed by atoms with Crippen molar-refractivity contribution in [2.24, 2.45) is 0 Å². The van der Waals surface area contributed by atoms with E-state index < -0.39 is 0 Å². The van der Waals surface area contributed by atoms with E-state index in [1.54, 1.807) is 0 Å². The van der Waals surface area contributed by atoms with Gasteiger partial charge in [0.15, 0.2) is 0 Å². The maximum Gasteiger partial charge on any atom is 0.254 e. The molecule has 0 unspecified atom stereocenters. The highest BCUT2D eigenvalue weighted by Gasteiger charge is 2.07. The fourth-order valence-corrected chi connectivity index (χ4v) is 2.42. The molecule has 2 aromatic rings. The summed E-state index contributed by atoms with van der Waals surface area (Å²) in [6.45, 7) is 4.78. The molecule has 0 aliphatic heterocycles. The number of aryl methyl sites for hydroxylation is 1. The molecule has 0 bridgehead atoms. The van der Waals surface area contributed by atoms with Crippen molar-refractivity contribution in [3.8, 4) is 0 Å². The zero-order valence-corrected chi connectivity index (χ0v) is 14.3. The summed E-state index contributed by atoms with van der Waals surface area (Å²) in [7, 11) is 0. The van der Waals surface area contributed by atoms with Gasteiger partial charge in [-0.3, -0.25) is 4.79 Å². The molecule has 0 spiro atoms. The third-order valence-corrected chi connectivity index (χ3v) is 3.76. The Morgan fingerprint density at radius 2 is 2.00 bits per heavy atom. The topological polar surface area (TPSA) is 66.9 Å². The van der Waals surface area contributed by atoms with E-state index >= 15 is 0 Å². The Bertz CT molecular complexity index is 643. The van der Waals surface area contributed by atoms with Gasteiger partial charge in [0.25, 0.3) is 5.91 Å². The maximum atomic E-state index is 11.9. The van der Waals surface area contributed by atoms with Crippen LogP contribution in [0, 0.1) is 6.92 Å². The first-order valence-corrected chi connectivity index (χ1v) is 8.03. The van der Waals surface area contributed by atoms with Crippen LogP contribution in [0.25, 0.3) is 0 Å². The van der Waals surface area contributed by atoms with E-state index in [9.17, 15) is 4.79 Å². The molecule has 6 heteroatoms. The van der Waals surface area contributed by atoms with Crippen molar-refractivity contribution >= 4 is 33.5 Å². The number of halogens is 1. The first-order chi connectivity index (χ1) is 10.6. The van der Waals surface area contributed by atoms with Crippen LogP contribution in [-0.2, 0) is 0 Å². The fraction of sp³-hybridized carbons (Fsp3) is 0.312. The van der Waals surface area contributed by atoms with E-state index in [1.165, 1.54) is 12.4 Å². The highest BCUT2D eigenvalue weighted by Crippen LogP contribution is 2.25. The van der Waals surface area contributed by atoms with Crippen LogP contribution < -0.4 is 10.6 Å². The van der Waals surface area contributed by atoms with Crippen LogP contribution in [0.15, 0.2) is 35.1 Å². The molecule has 0 fully saturated rings. The fourth-order valence-electron chi connectivity index (χ4n) is 1.83. The molecular formula is C16H19BrN4O. The number of carbonyl (C=O) groups is 1. The first-order valence-electron chi connectivity index (χ1n) is 7.23. The molecule has 1 amide bonds. The van der Waals surface area contributed by atoms with E-state index in [2.05, 4.69) is 43.5 Å². The minimum Gasteiger partial charge on any atom is -0.352 e. The minimum absolute atomic E-state index is 0.142. The molecular weight excluding hydrogens is 344 g/mol. The van der Waals surface area contributed by atoms with Crippen LogP contribution in [0.2, 0.25) is 0 Å². The number of nitrogens with one attached hydrogen (secondary N) is 2. The second-order valence-electron chi connectivity index (χ2n) is 5.01. The summed E-state index contributed by atoms with van der Waals surface area (Å²) in [5, 5.41) is 5.95. The van der Waals surface area contributed by atoms with Crippen LogP contribution in [0.4, 0.5) is 11.6 Å². The summed E-state index contributed by atoms with van der Waals surface area (Å²) in [5.41, 5.74) is 2.51. The molecule has 0 radical (unpaired) electrons. The third-order valence-electron chi connectivity index (χ3n) is 3.10. The Labute approximate surface area is 138 Å². The second-order valence-corrected chi connectivity index (χ2v) is 5.87. The van der Waals surface area contributed by atoms with Gasteiger partial charge in [-0.1, -0.05) is 19.4 Å². The van der Waals surface area contributed by atoms with Crippen molar-refractivity contribution in [1.82, 2.24) is 15.3 Å². The standard InChI is InChI=1S/C16H19BrN4O/c1-3-4-7-18-15(22)12-9-19-16(20-10-12)21-14-6-5-11(2)8-13(14)17/h5-6,8-10H,3-4,7H2,1-2H3,(H,18,22)(H,19,20,21). The predicted octanol–water partition coefficient (Wildman–Crippen LogP) is 3.82. The van der Waals surface area contributed by atoms with Crippen LogP contribution >= 0.6 is 15.9 Å². The van der Waals surface area contributed by atoms with Crippen molar-refractivity contribution in [2.45, 2.75) is 26.7 Å². The Balaban J connectivity index is 2.01. The molecule has 0 atom stereocenters. The smallest absolute Gasteiger partial charge is 0.254 e. The zero-order valence-electron chi connectivity index (χ0n) is 12.7. The number of nitrogens with zero attached hydrogens (tertiary/aromatic N) is 2. The van der Waals surface area contributed by atoms with Gasteiger partial charge in [-0.05, 0) is 47.0 Å². The van der Waals surface area contributed by atoms with Crippen LogP contribution in [0.5, 0.6) is 0 Å². The largest absolute Gasteiger partial charge is 0.352 e. The average Bonchev–Trinajstić information content (AvgIpc) is 2.51. The molecule has 2 rings (SSSR count). The Morgan fingerprint density at radius 3 is 2.64 bits per heavy atom. The lowest BCUT2D eigenvalue weighted by molar-refractivity contribution is 0.0952. The Hall–Kier alpha value is -1.95. The lowest BCUT2D eigenvalue weighted by Crippen LogP contribution is -2.24. The van der Waals surface area contributed by atoms with Crippen molar-refractivity contribution in [3.63, 3.8) is 0 Å². The molecule has 1 heterocycles. The van der Waals surface area contributed by atoms with Gasteiger partial charge in [0.1, 0.15) is 0 Å². The van der Waals surface area contributed by atoms with Gasteiger partial charge in [0.05, 0.1) is 11.3 Å². The van der Waals surface area contributed by atoms with E-state index in [4.69, 9.17) is 0 Å². The van der Waals surface area contributed by atoms with Crippen molar-refractivity contribution in [3.05, 3.63) is 46.2 Å². The molecule has 1 aromatic heterocycles. The van der Waals surface area contributed by atoms with Gasteiger partial charge in [-0.25, -0.2) is 9.97 Å². The number of aromatic nitrogens is 2.